The minimum absolute atomic E-state index is 0. The number of ketones is 1. The number of hydrogen-bond donors (Lipinski definition) is 1. The molecule has 2 aliphatic rings. The van der Waals surface area contributed by atoms with Crippen molar-refractivity contribution < 1.29 is 35.4 Å². The normalized spacial score (nSPS) is 26.8. The number of carbonyl (C=O) groups is 3. The fourth-order valence-corrected chi connectivity index (χ4v) is 4.93. The summed E-state index contributed by atoms with van der Waals surface area (Å²) in [5, 5.41) is 2.61. The number of rotatable bonds is 4. The van der Waals surface area contributed by atoms with E-state index in [1.54, 1.807) is 16.7 Å². The van der Waals surface area contributed by atoms with Crippen LogP contribution >= 0.6 is 11.8 Å². The third-order valence-corrected chi connectivity index (χ3v) is 5.84. The minimum atomic E-state index is -0.556. The van der Waals surface area contributed by atoms with E-state index in [1.807, 2.05) is 44.2 Å². The maximum absolute atomic E-state index is 12.4. The number of hydrogen-bond acceptors (Lipinski definition) is 4. The van der Waals surface area contributed by atoms with E-state index in [0.29, 0.717) is 0 Å². The number of fused-ring (bicyclic) bond motifs is 1. The summed E-state index contributed by atoms with van der Waals surface area (Å²) in [6, 6.07) is 8.31. The van der Waals surface area contributed by atoms with Gasteiger partial charge in [-0.15, -0.1) is 11.8 Å². The van der Waals surface area contributed by atoms with Crippen LogP contribution in [0.3, 0.4) is 0 Å². The van der Waals surface area contributed by atoms with Crippen LogP contribution in [0.5, 0.6) is 0 Å². The number of thioether (sulfide) groups is 1. The van der Waals surface area contributed by atoms with Crippen LogP contribution in [0.2, 0.25) is 0 Å². The number of Topliss-reactive ketones (excluding diaryl/α,β-unsaturated/α-hetero) is 1. The Morgan fingerprint density at radius 1 is 1.29 bits per heavy atom. The summed E-state index contributed by atoms with van der Waals surface area (Å²) < 4.78 is -0.391. The Hall–Kier alpha value is -1.26. The van der Waals surface area contributed by atoms with Crippen molar-refractivity contribution >= 4 is 29.4 Å². The Morgan fingerprint density at radius 2 is 1.92 bits per heavy atom. The second-order valence-electron chi connectivity index (χ2n) is 6.43. The van der Waals surface area contributed by atoms with Crippen molar-refractivity contribution in [3.63, 3.8) is 0 Å². The molecule has 128 valence electrons. The maximum Gasteiger partial charge on any atom is 0.249 e. The molecule has 1 N–H and O–H groups in total. The molecule has 2 heterocycles. The van der Waals surface area contributed by atoms with Crippen molar-refractivity contribution in [1.29, 1.82) is 0 Å². The molecule has 0 aromatic heterocycles. The molecule has 2 saturated heterocycles. The van der Waals surface area contributed by atoms with Crippen molar-refractivity contribution in [3.05, 3.63) is 42.8 Å². The zero-order valence-electron chi connectivity index (χ0n) is 13.5. The van der Waals surface area contributed by atoms with Crippen molar-refractivity contribution in [1.82, 2.24) is 10.2 Å². The summed E-state index contributed by atoms with van der Waals surface area (Å²) >= 11 is 1.54. The Balaban J connectivity index is 0.00000208. The zero-order chi connectivity index (χ0) is 16.8. The van der Waals surface area contributed by atoms with E-state index in [2.05, 4.69) is 12.2 Å². The smallest absolute Gasteiger partial charge is 0.249 e. The van der Waals surface area contributed by atoms with Gasteiger partial charge < -0.3 is 21.9 Å². The molecule has 3 rings (SSSR count). The van der Waals surface area contributed by atoms with E-state index in [-0.39, 0.29) is 50.5 Å². The molecule has 7 heteroatoms. The number of benzene rings is 1. The van der Waals surface area contributed by atoms with Crippen molar-refractivity contribution in [3.8, 4) is 0 Å². The van der Waals surface area contributed by atoms with Crippen LogP contribution in [0, 0.1) is 6.92 Å². The van der Waals surface area contributed by atoms with Gasteiger partial charge >= 0.3 is 0 Å². The van der Waals surface area contributed by atoms with E-state index in [0.717, 1.165) is 5.56 Å². The first-order chi connectivity index (χ1) is 10.8. The molecule has 2 amide bonds. The summed E-state index contributed by atoms with van der Waals surface area (Å²) in [7, 11) is 0. The second-order valence-corrected chi connectivity index (χ2v) is 8.20. The Kier molecular flexibility index (Phi) is 5.50. The molecule has 0 radical (unpaired) electrons. The number of nitrogens with zero attached hydrogens (tertiary/aromatic N) is 1. The first kappa shape index (κ1) is 19.1. The molecule has 3 unspecified atom stereocenters. The molecule has 5 nitrogen and oxygen atoms in total. The summed E-state index contributed by atoms with van der Waals surface area (Å²) in [4.78, 5) is 37.8. The van der Waals surface area contributed by atoms with Crippen molar-refractivity contribution in [2.75, 3.05) is 0 Å². The second kappa shape index (κ2) is 6.93. The Labute approximate surface area is 160 Å². The van der Waals surface area contributed by atoms with Gasteiger partial charge in [0.1, 0.15) is 11.4 Å². The summed E-state index contributed by atoms with van der Waals surface area (Å²) in [6.45, 7) is 7.34. The molecule has 2 fully saturated rings. The van der Waals surface area contributed by atoms with E-state index < -0.39 is 16.8 Å². The molecule has 3 atom stereocenters. The van der Waals surface area contributed by atoms with Crippen LogP contribution in [0.1, 0.15) is 19.4 Å². The third kappa shape index (κ3) is 3.27. The summed E-state index contributed by atoms with van der Waals surface area (Å²) in [5.41, 5.74) is 0.902. The number of nitrogens with one attached hydrogen (secondary N) is 1. The summed E-state index contributed by atoms with van der Waals surface area (Å²) in [6.07, 6.45) is 0.239. The SMILES string of the molecule is [CH2-]C(=O)C1N2C(=O)C(NC(=O)Cc3ccccc3)C2SC1(C)C.[W]. The predicted molar refractivity (Wildman–Crippen MR) is 88.5 cm³/mol. The van der Waals surface area contributed by atoms with Crippen LogP contribution in [0.15, 0.2) is 30.3 Å². The van der Waals surface area contributed by atoms with E-state index in [1.165, 1.54) is 0 Å². The number of carbonyl (C=O) groups excluding carboxylic acids is 3. The van der Waals surface area contributed by atoms with Gasteiger partial charge in [0.2, 0.25) is 11.8 Å². The van der Waals surface area contributed by atoms with Crippen LogP contribution in [-0.4, -0.2) is 44.7 Å². The summed E-state index contributed by atoms with van der Waals surface area (Å²) in [5.74, 6) is -0.638. The van der Waals surface area contributed by atoms with Gasteiger partial charge in [0.05, 0.1) is 12.5 Å². The Morgan fingerprint density at radius 3 is 2.50 bits per heavy atom. The van der Waals surface area contributed by atoms with Gasteiger partial charge in [-0.25, -0.2) is 0 Å². The molecule has 1 aromatic rings. The molecule has 2 aliphatic heterocycles. The maximum atomic E-state index is 12.4. The van der Waals surface area contributed by atoms with Crippen molar-refractivity contribution in [2.24, 2.45) is 0 Å². The van der Waals surface area contributed by atoms with Crippen LogP contribution < -0.4 is 5.32 Å². The molecule has 0 bridgehead atoms. The standard InChI is InChI=1S/C17H19N2O3S.W/c1-10(20)14-17(2,3)23-16-13(15(22)19(14)16)18-12(21)9-11-7-5-4-6-8-11;/h4-8,13-14,16H,1,9H2,2-3H3,(H,18,21);/q-1;. The largest absolute Gasteiger partial charge is 0.341 e. The average molecular weight is 515 g/mol. The topological polar surface area (TPSA) is 66.5 Å². The molecule has 0 spiro atoms. The average Bonchev–Trinajstić information content (AvgIpc) is 2.74. The van der Waals surface area contributed by atoms with Gasteiger partial charge in [0, 0.05) is 31.6 Å². The van der Waals surface area contributed by atoms with E-state index >= 15 is 0 Å². The molecule has 24 heavy (non-hydrogen) atoms. The molecule has 0 aliphatic carbocycles. The zero-order valence-corrected chi connectivity index (χ0v) is 17.3. The predicted octanol–water partition coefficient (Wildman–Crippen LogP) is 1.18. The van der Waals surface area contributed by atoms with Crippen LogP contribution in [0.4, 0.5) is 0 Å². The van der Waals surface area contributed by atoms with Crippen LogP contribution in [-0.2, 0) is 41.9 Å². The van der Waals surface area contributed by atoms with Gasteiger partial charge in [-0.05, 0) is 19.4 Å². The van der Waals surface area contributed by atoms with Gasteiger partial charge in [0.25, 0.3) is 0 Å². The fourth-order valence-electron chi connectivity index (χ4n) is 3.28. The van der Waals surface area contributed by atoms with E-state index in [9.17, 15) is 14.4 Å². The minimum Gasteiger partial charge on any atom is -0.341 e. The quantitative estimate of drug-likeness (QED) is 0.484. The molecular weight excluding hydrogens is 496 g/mol. The number of amides is 2. The third-order valence-electron chi connectivity index (χ3n) is 4.27. The van der Waals surface area contributed by atoms with E-state index in [4.69, 9.17) is 0 Å². The fraction of sp³-hybridized carbons (Fsp3) is 0.412. The molecule has 1 aromatic carbocycles. The van der Waals surface area contributed by atoms with Gasteiger partial charge in [-0.1, -0.05) is 30.3 Å². The molecular formula is C17H19N2O3SW-. The van der Waals surface area contributed by atoms with Gasteiger partial charge in [-0.3, -0.25) is 9.59 Å². The van der Waals surface area contributed by atoms with Crippen molar-refractivity contribution in [2.45, 2.75) is 42.5 Å². The molecule has 0 saturated carbocycles. The monoisotopic (exact) mass is 515 g/mol. The first-order valence-corrected chi connectivity index (χ1v) is 8.38. The van der Waals surface area contributed by atoms with Gasteiger partial charge in [-0.2, -0.15) is 0 Å². The van der Waals surface area contributed by atoms with Crippen LogP contribution in [0.25, 0.3) is 0 Å². The first-order valence-electron chi connectivity index (χ1n) is 7.50. The van der Waals surface area contributed by atoms with Gasteiger partial charge in [0.15, 0.2) is 0 Å². The Bertz CT molecular complexity index is 665. The number of β-lactam (4-membered cyclic amide) rings is 1.